The summed E-state index contributed by atoms with van der Waals surface area (Å²) in [5.41, 5.74) is 1.19. The number of rotatable bonds is 6. The maximum atomic E-state index is 8.63. The Hall–Kier alpha value is -0.970. The molecule has 0 fully saturated rings. The van der Waals surface area contributed by atoms with E-state index in [9.17, 15) is 0 Å². The van der Waals surface area contributed by atoms with Crippen molar-refractivity contribution >= 4 is 12.4 Å². The van der Waals surface area contributed by atoms with Crippen LogP contribution in [0.15, 0.2) is 18.2 Å². The molecule has 0 atom stereocenters. The summed E-state index contributed by atoms with van der Waals surface area (Å²) in [5.74, 6) is 1.65. The van der Waals surface area contributed by atoms with E-state index >= 15 is 0 Å². The third kappa shape index (κ3) is 4.07. The molecule has 2 rings (SSSR count). The lowest BCUT2D eigenvalue weighted by Gasteiger charge is -2.05. The molecule has 0 spiro atoms. The highest BCUT2D eigenvalue weighted by Gasteiger charge is 2.12. The van der Waals surface area contributed by atoms with Crippen molar-refractivity contribution in [1.29, 1.82) is 0 Å². The maximum absolute atomic E-state index is 8.63. The minimum absolute atomic E-state index is 0. The Kier molecular flexibility index (Phi) is 6.11. The molecule has 2 N–H and O–H groups in total. The average Bonchev–Trinajstić information content (AvgIpc) is 2.76. The molecule has 0 amide bonds. The van der Waals surface area contributed by atoms with Crippen molar-refractivity contribution in [1.82, 2.24) is 5.32 Å². The number of nitrogens with one attached hydrogen (secondary N) is 1. The quantitative estimate of drug-likeness (QED) is 0.764. The van der Waals surface area contributed by atoms with E-state index in [4.69, 9.17) is 14.6 Å². The van der Waals surface area contributed by atoms with Gasteiger partial charge in [-0.05, 0) is 37.1 Å². The Labute approximate surface area is 107 Å². The van der Waals surface area contributed by atoms with Crippen LogP contribution in [0.2, 0.25) is 0 Å². The summed E-state index contributed by atoms with van der Waals surface area (Å²) in [5, 5.41) is 12.0. The number of hydrogen-bond acceptors (Lipinski definition) is 4. The Bertz CT molecular complexity index is 347. The van der Waals surface area contributed by atoms with Gasteiger partial charge in [0, 0.05) is 13.2 Å². The number of aliphatic hydroxyl groups excluding tert-OH is 1. The van der Waals surface area contributed by atoms with E-state index in [-0.39, 0.29) is 19.0 Å². The topological polar surface area (TPSA) is 50.7 Å². The lowest BCUT2D eigenvalue weighted by molar-refractivity contribution is 0.174. The van der Waals surface area contributed by atoms with Crippen molar-refractivity contribution in [2.75, 3.05) is 19.9 Å². The van der Waals surface area contributed by atoms with Crippen LogP contribution in [0.5, 0.6) is 11.5 Å². The molecule has 1 aromatic carbocycles. The Balaban J connectivity index is 0.00000144. The molecule has 96 valence electrons. The van der Waals surface area contributed by atoms with Crippen LogP contribution < -0.4 is 14.8 Å². The number of ether oxygens (including phenoxy) is 2. The van der Waals surface area contributed by atoms with Gasteiger partial charge in [0.1, 0.15) is 0 Å². The molecule has 0 aromatic heterocycles. The first kappa shape index (κ1) is 14.1. The van der Waals surface area contributed by atoms with Crippen LogP contribution in [0.4, 0.5) is 0 Å². The summed E-state index contributed by atoms with van der Waals surface area (Å²) in [6, 6.07) is 5.97. The summed E-state index contributed by atoms with van der Waals surface area (Å²) in [6.45, 7) is 2.34. The summed E-state index contributed by atoms with van der Waals surface area (Å²) < 4.78 is 10.5. The number of fused-ring (bicyclic) bond motifs is 1. The molecule has 0 unspecified atom stereocenters. The zero-order valence-electron chi connectivity index (χ0n) is 9.65. The van der Waals surface area contributed by atoms with Gasteiger partial charge in [-0.2, -0.15) is 0 Å². The Morgan fingerprint density at radius 3 is 2.82 bits per heavy atom. The summed E-state index contributed by atoms with van der Waals surface area (Å²) in [4.78, 5) is 0. The zero-order valence-corrected chi connectivity index (χ0v) is 10.5. The molecule has 0 aliphatic carbocycles. The number of unbranched alkanes of at least 4 members (excludes halogenated alkanes) is 1. The second-order valence-corrected chi connectivity index (χ2v) is 3.80. The van der Waals surface area contributed by atoms with Crippen LogP contribution in [0.1, 0.15) is 18.4 Å². The van der Waals surface area contributed by atoms with Gasteiger partial charge in [-0.3, -0.25) is 0 Å². The first-order valence-electron chi connectivity index (χ1n) is 5.60. The first-order valence-corrected chi connectivity index (χ1v) is 5.60. The normalized spacial score (nSPS) is 12.3. The maximum Gasteiger partial charge on any atom is 0.231 e. The largest absolute Gasteiger partial charge is 0.454 e. The minimum Gasteiger partial charge on any atom is -0.454 e. The molecular weight excluding hydrogens is 242 g/mol. The predicted molar refractivity (Wildman–Crippen MR) is 67.8 cm³/mol. The van der Waals surface area contributed by atoms with Crippen molar-refractivity contribution in [3.05, 3.63) is 23.8 Å². The summed E-state index contributed by atoms with van der Waals surface area (Å²) in [7, 11) is 0. The van der Waals surface area contributed by atoms with Gasteiger partial charge in [-0.15, -0.1) is 12.4 Å². The number of benzene rings is 1. The van der Waals surface area contributed by atoms with Crippen LogP contribution in [0, 0.1) is 0 Å². The number of hydrogen-bond donors (Lipinski definition) is 2. The SMILES string of the molecule is Cl.OCCCCNCc1ccc2c(c1)OCO2. The van der Waals surface area contributed by atoms with E-state index in [1.54, 1.807) is 0 Å². The van der Waals surface area contributed by atoms with Gasteiger partial charge in [0.15, 0.2) is 11.5 Å². The zero-order chi connectivity index (χ0) is 11.2. The van der Waals surface area contributed by atoms with E-state index in [1.165, 1.54) is 5.56 Å². The average molecular weight is 260 g/mol. The molecular formula is C12H18ClNO3. The molecule has 0 saturated heterocycles. The third-order valence-corrected chi connectivity index (χ3v) is 2.53. The van der Waals surface area contributed by atoms with Crippen LogP contribution in [-0.4, -0.2) is 25.1 Å². The second kappa shape index (κ2) is 7.37. The lowest BCUT2D eigenvalue weighted by Crippen LogP contribution is -2.14. The van der Waals surface area contributed by atoms with Crippen LogP contribution in [0.3, 0.4) is 0 Å². The highest BCUT2D eigenvalue weighted by Crippen LogP contribution is 2.32. The monoisotopic (exact) mass is 259 g/mol. The minimum atomic E-state index is 0. The van der Waals surface area contributed by atoms with Crippen LogP contribution >= 0.6 is 12.4 Å². The smallest absolute Gasteiger partial charge is 0.231 e. The second-order valence-electron chi connectivity index (χ2n) is 3.80. The number of halogens is 1. The van der Waals surface area contributed by atoms with E-state index in [1.807, 2.05) is 18.2 Å². The van der Waals surface area contributed by atoms with Gasteiger partial charge in [-0.25, -0.2) is 0 Å². The van der Waals surface area contributed by atoms with Gasteiger partial charge in [-0.1, -0.05) is 6.07 Å². The highest BCUT2D eigenvalue weighted by molar-refractivity contribution is 5.85. The molecule has 0 bridgehead atoms. The molecule has 0 radical (unpaired) electrons. The molecule has 5 heteroatoms. The standard InChI is InChI=1S/C12H17NO3.ClH/c14-6-2-1-5-13-8-10-3-4-11-12(7-10)16-9-15-11;/h3-4,7,13-14H,1-2,5-6,8-9H2;1H. The van der Waals surface area contributed by atoms with Crippen molar-refractivity contribution < 1.29 is 14.6 Å². The fourth-order valence-corrected chi connectivity index (χ4v) is 1.65. The Morgan fingerprint density at radius 2 is 2.00 bits per heavy atom. The van der Waals surface area contributed by atoms with Crippen molar-refractivity contribution in [3.8, 4) is 11.5 Å². The molecule has 1 aliphatic heterocycles. The van der Waals surface area contributed by atoms with Crippen molar-refractivity contribution in [2.24, 2.45) is 0 Å². The van der Waals surface area contributed by atoms with Crippen molar-refractivity contribution in [2.45, 2.75) is 19.4 Å². The van der Waals surface area contributed by atoms with Gasteiger partial charge in [0.25, 0.3) is 0 Å². The van der Waals surface area contributed by atoms with Crippen LogP contribution in [0.25, 0.3) is 0 Å². The molecule has 1 aromatic rings. The van der Waals surface area contributed by atoms with Gasteiger partial charge in [0.2, 0.25) is 6.79 Å². The van der Waals surface area contributed by atoms with Gasteiger partial charge in [0.05, 0.1) is 0 Å². The third-order valence-electron chi connectivity index (χ3n) is 2.53. The van der Waals surface area contributed by atoms with E-state index in [2.05, 4.69) is 5.32 Å². The van der Waals surface area contributed by atoms with Crippen molar-refractivity contribution in [3.63, 3.8) is 0 Å². The summed E-state index contributed by atoms with van der Waals surface area (Å²) in [6.07, 6.45) is 1.86. The molecule has 0 saturated carbocycles. The number of aliphatic hydroxyl groups is 1. The molecule has 1 heterocycles. The molecule has 4 nitrogen and oxygen atoms in total. The fraction of sp³-hybridized carbons (Fsp3) is 0.500. The van der Waals surface area contributed by atoms with E-state index in [0.717, 1.165) is 37.4 Å². The predicted octanol–water partition coefficient (Wildman–Crippen LogP) is 1.70. The van der Waals surface area contributed by atoms with Gasteiger partial charge < -0.3 is 19.9 Å². The highest BCUT2D eigenvalue weighted by atomic mass is 35.5. The first-order chi connectivity index (χ1) is 7.90. The lowest BCUT2D eigenvalue weighted by atomic mass is 10.2. The Morgan fingerprint density at radius 1 is 1.18 bits per heavy atom. The van der Waals surface area contributed by atoms with E-state index < -0.39 is 0 Å². The molecule has 1 aliphatic rings. The summed E-state index contributed by atoms with van der Waals surface area (Å²) >= 11 is 0. The van der Waals surface area contributed by atoms with Crippen LogP contribution in [-0.2, 0) is 6.54 Å². The molecule has 17 heavy (non-hydrogen) atoms. The van der Waals surface area contributed by atoms with E-state index in [0.29, 0.717) is 6.79 Å². The van der Waals surface area contributed by atoms with Gasteiger partial charge >= 0.3 is 0 Å². The fourth-order valence-electron chi connectivity index (χ4n) is 1.65.